The van der Waals surface area contributed by atoms with E-state index in [4.69, 9.17) is 4.74 Å². The Balaban J connectivity index is 2.15. The van der Waals surface area contributed by atoms with Crippen LogP contribution in [0.15, 0.2) is 18.2 Å². The Morgan fingerprint density at radius 1 is 1.28 bits per heavy atom. The largest absolute Gasteiger partial charge is 0.490 e. The predicted octanol–water partition coefficient (Wildman–Crippen LogP) is 3.32. The fraction of sp³-hybridized carbons (Fsp3) is 0.625. The number of nitrogens with one attached hydrogen (secondary N) is 1. The first-order valence-electron chi connectivity index (χ1n) is 7.03. The smallest absolute Gasteiger partial charge is 0.122 e. The highest BCUT2D eigenvalue weighted by Gasteiger charge is 2.29. The summed E-state index contributed by atoms with van der Waals surface area (Å²) in [4.78, 5) is 0. The molecule has 1 saturated heterocycles. The highest BCUT2D eigenvalue weighted by Crippen LogP contribution is 2.28. The maximum Gasteiger partial charge on any atom is 0.122 e. The lowest BCUT2D eigenvalue weighted by Crippen LogP contribution is -2.33. The van der Waals surface area contributed by atoms with Gasteiger partial charge in [0.1, 0.15) is 11.9 Å². The third kappa shape index (κ3) is 2.86. The van der Waals surface area contributed by atoms with Gasteiger partial charge in [-0.25, -0.2) is 0 Å². The quantitative estimate of drug-likeness (QED) is 0.881. The number of benzene rings is 1. The summed E-state index contributed by atoms with van der Waals surface area (Å²) < 4.78 is 6.33. The molecule has 100 valence electrons. The molecule has 1 fully saturated rings. The van der Waals surface area contributed by atoms with E-state index >= 15 is 0 Å². The molecule has 2 nitrogen and oxygen atoms in total. The zero-order chi connectivity index (χ0) is 13.1. The van der Waals surface area contributed by atoms with Crippen LogP contribution in [0.5, 0.6) is 5.75 Å². The minimum atomic E-state index is 0.320. The summed E-state index contributed by atoms with van der Waals surface area (Å²) in [5.74, 6) is 2.25. The van der Waals surface area contributed by atoms with Crippen molar-refractivity contribution < 1.29 is 4.74 Å². The Bertz CT molecular complexity index is 394. The molecule has 1 aromatic carbocycles. The van der Waals surface area contributed by atoms with Gasteiger partial charge in [0.15, 0.2) is 0 Å². The van der Waals surface area contributed by atoms with Gasteiger partial charge in [-0.1, -0.05) is 26.0 Å². The predicted molar refractivity (Wildman–Crippen MR) is 76.1 cm³/mol. The maximum absolute atomic E-state index is 6.33. The monoisotopic (exact) mass is 247 g/mol. The molecule has 1 N–H and O–H groups in total. The second-order valence-corrected chi connectivity index (χ2v) is 5.78. The summed E-state index contributed by atoms with van der Waals surface area (Å²) in [5, 5.41) is 3.44. The third-order valence-electron chi connectivity index (χ3n) is 4.04. The summed E-state index contributed by atoms with van der Waals surface area (Å²) in [5.41, 5.74) is 2.58. The third-order valence-corrected chi connectivity index (χ3v) is 4.04. The van der Waals surface area contributed by atoms with E-state index < -0.39 is 0 Å². The van der Waals surface area contributed by atoms with Crippen LogP contribution in [-0.2, 0) is 0 Å². The molecule has 1 aliphatic heterocycles. The van der Waals surface area contributed by atoms with Crippen molar-refractivity contribution in [2.45, 2.75) is 40.2 Å². The van der Waals surface area contributed by atoms with Gasteiger partial charge >= 0.3 is 0 Å². The van der Waals surface area contributed by atoms with E-state index in [0.29, 0.717) is 17.9 Å². The van der Waals surface area contributed by atoms with Gasteiger partial charge in [-0.2, -0.15) is 0 Å². The molecule has 1 aliphatic rings. The lowest BCUT2D eigenvalue weighted by atomic mass is 9.92. The molecule has 0 spiro atoms. The SMILES string of the molecule is Cc1cccc(O[C@H](C(C)C)[C@H]2CCNC2)c1C. The molecule has 0 aliphatic carbocycles. The van der Waals surface area contributed by atoms with Gasteiger partial charge in [-0.3, -0.25) is 0 Å². The molecule has 2 heteroatoms. The van der Waals surface area contributed by atoms with E-state index in [2.05, 4.69) is 51.2 Å². The second kappa shape index (κ2) is 5.75. The van der Waals surface area contributed by atoms with Crippen LogP contribution in [0.4, 0.5) is 0 Å². The Kier molecular flexibility index (Phi) is 4.28. The average molecular weight is 247 g/mol. The van der Waals surface area contributed by atoms with E-state index in [-0.39, 0.29) is 0 Å². The van der Waals surface area contributed by atoms with Gasteiger partial charge in [0.2, 0.25) is 0 Å². The van der Waals surface area contributed by atoms with Crippen LogP contribution in [0.25, 0.3) is 0 Å². The van der Waals surface area contributed by atoms with Crippen LogP contribution in [0.1, 0.15) is 31.4 Å². The summed E-state index contributed by atoms with van der Waals surface area (Å²) in [6.07, 6.45) is 1.55. The lowest BCUT2D eigenvalue weighted by Gasteiger charge is -2.28. The van der Waals surface area contributed by atoms with E-state index in [1.165, 1.54) is 17.5 Å². The van der Waals surface area contributed by atoms with Crippen LogP contribution < -0.4 is 10.1 Å². The fourth-order valence-corrected chi connectivity index (χ4v) is 2.73. The van der Waals surface area contributed by atoms with Crippen LogP contribution in [0, 0.1) is 25.7 Å². The molecular formula is C16H25NO. The van der Waals surface area contributed by atoms with Crippen molar-refractivity contribution in [3.8, 4) is 5.75 Å². The highest BCUT2D eigenvalue weighted by atomic mass is 16.5. The van der Waals surface area contributed by atoms with Gasteiger partial charge in [0.05, 0.1) is 0 Å². The van der Waals surface area contributed by atoms with Crippen molar-refractivity contribution in [2.24, 2.45) is 11.8 Å². The second-order valence-electron chi connectivity index (χ2n) is 5.78. The minimum absolute atomic E-state index is 0.320. The van der Waals surface area contributed by atoms with Crippen molar-refractivity contribution in [2.75, 3.05) is 13.1 Å². The molecule has 0 unspecified atom stereocenters. The molecule has 18 heavy (non-hydrogen) atoms. The van der Waals surface area contributed by atoms with Crippen LogP contribution in [0.3, 0.4) is 0 Å². The summed E-state index contributed by atoms with van der Waals surface area (Å²) in [7, 11) is 0. The van der Waals surface area contributed by atoms with Crippen LogP contribution >= 0.6 is 0 Å². The molecule has 0 bridgehead atoms. The van der Waals surface area contributed by atoms with Gasteiger partial charge in [0.25, 0.3) is 0 Å². The maximum atomic E-state index is 6.33. The van der Waals surface area contributed by atoms with E-state index in [0.717, 1.165) is 18.8 Å². The zero-order valence-corrected chi connectivity index (χ0v) is 12.0. The molecule has 2 rings (SSSR count). The van der Waals surface area contributed by atoms with Crippen molar-refractivity contribution >= 4 is 0 Å². The van der Waals surface area contributed by atoms with Crippen molar-refractivity contribution in [3.63, 3.8) is 0 Å². The molecule has 0 aromatic heterocycles. The molecule has 1 heterocycles. The molecule has 0 amide bonds. The Morgan fingerprint density at radius 3 is 2.67 bits per heavy atom. The molecule has 1 aromatic rings. The number of rotatable bonds is 4. The van der Waals surface area contributed by atoms with Crippen LogP contribution in [-0.4, -0.2) is 19.2 Å². The van der Waals surface area contributed by atoms with E-state index in [1.807, 2.05) is 0 Å². The average Bonchev–Trinajstić information content (AvgIpc) is 2.84. The summed E-state index contributed by atoms with van der Waals surface area (Å²) >= 11 is 0. The Morgan fingerprint density at radius 2 is 2.06 bits per heavy atom. The van der Waals surface area contributed by atoms with E-state index in [9.17, 15) is 0 Å². The minimum Gasteiger partial charge on any atom is -0.490 e. The topological polar surface area (TPSA) is 21.3 Å². The number of hydrogen-bond donors (Lipinski definition) is 1. The summed E-state index contributed by atoms with van der Waals surface area (Å²) in [6.45, 7) is 11.0. The molecule has 2 atom stereocenters. The fourth-order valence-electron chi connectivity index (χ4n) is 2.73. The molecular weight excluding hydrogens is 222 g/mol. The van der Waals surface area contributed by atoms with E-state index in [1.54, 1.807) is 0 Å². The van der Waals surface area contributed by atoms with Gasteiger partial charge in [-0.15, -0.1) is 0 Å². The standard InChI is InChI=1S/C16H25NO/c1-11(2)16(14-8-9-17-10-14)18-15-7-5-6-12(3)13(15)4/h5-7,11,14,16-17H,8-10H2,1-4H3/t14-,16+/m0/s1. The molecule has 0 radical (unpaired) electrons. The first-order chi connectivity index (χ1) is 8.59. The first kappa shape index (κ1) is 13.4. The number of aryl methyl sites for hydroxylation is 1. The van der Waals surface area contributed by atoms with Gasteiger partial charge in [0, 0.05) is 12.5 Å². The highest BCUT2D eigenvalue weighted by molar-refractivity contribution is 5.38. The van der Waals surface area contributed by atoms with Gasteiger partial charge in [-0.05, 0) is 49.9 Å². The first-order valence-corrected chi connectivity index (χ1v) is 7.03. The Labute approximate surface area is 111 Å². The van der Waals surface area contributed by atoms with Crippen molar-refractivity contribution in [3.05, 3.63) is 29.3 Å². The normalized spacial score (nSPS) is 21.3. The number of hydrogen-bond acceptors (Lipinski definition) is 2. The number of ether oxygens (including phenoxy) is 1. The Hall–Kier alpha value is -1.02. The van der Waals surface area contributed by atoms with Gasteiger partial charge < -0.3 is 10.1 Å². The van der Waals surface area contributed by atoms with Crippen molar-refractivity contribution in [1.82, 2.24) is 5.32 Å². The lowest BCUT2D eigenvalue weighted by molar-refractivity contribution is 0.0965. The molecule has 0 saturated carbocycles. The van der Waals surface area contributed by atoms with Crippen LogP contribution in [0.2, 0.25) is 0 Å². The van der Waals surface area contributed by atoms with Crippen molar-refractivity contribution in [1.29, 1.82) is 0 Å². The zero-order valence-electron chi connectivity index (χ0n) is 12.0. The summed E-state index contributed by atoms with van der Waals surface area (Å²) in [6, 6.07) is 6.33.